The van der Waals surface area contributed by atoms with Gasteiger partial charge in [-0.25, -0.2) is 4.98 Å². The van der Waals surface area contributed by atoms with Crippen molar-refractivity contribution in [1.82, 2.24) is 4.98 Å². The highest BCUT2D eigenvalue weighted by Crippen LogP contribution is 2.31. The minimum absolute atomic E-state index is 0.212. The Kier molecular flexibility index (Phi) is 3.20. The molecule has 0 amide bonds. The van der Waals surface area contributed by atoms with E-state index in [-0.39, 0.29) is 16.9 Å². The Bertz CT molecular complexity index is 609. The van der Waals surface area contributed by atoms with Gasteiger partial charge in [0.2, 0.25) is 0 Å². The van der Waals surface area contributed by atoms with Gasteiger partial charge in [0.1, 0.15) is 6.20 Å². The molecule has 7 heteroatoms. The molecule has 0 saturated heterocycles. The van der Waals surface area contributed by atoms with Gasteiger partial charge in [-0.2, -0.15) is 13.2 Å². The summed E-state index contributed by atoms with van der Waals surface area (Å²) in [5.41, 5.74) is -0.498. The number of nitro groups is 1. The molecule has 1 aromatic carbocycles. The van der Waals surface area contributed by atoms with Crippen LogP contribution in [0.3, 0.4) is 0 Å². The maximum atomic E-state index is 12.5. The number of alkyl halides is 3. The predicted octanol–water partition coefficient (Wildman–Crippen LogP) is 3.68. The lowest BCUT2D eigenvalue weighted by atomic mass is 10.1. The number of hydrogen-bond donors (Lipinski definition) is 0. The second-order valence-corrected chi connectivity index (χ2v) is 3.74. The van der Waals surface area contributed by atoms with E-state index in [9.17, 15) is 23.3 Å². The zero-order chi connectivity index (χ0) is 14.0. The second kappa shape index (κ2) is 4.68. The standard InChI is InChI=1S/C12H7F3N2O2/c13-12(14,15)9-3-1-2-8(6-9)11-5-4-10(7-16-11)17(18)19/h1-7H. The van der Waals surface area contributed by atoms with E-state index in [1.165, 1.54) is 24.3 Å². The van der Waals surface area contributed by atoms with Crippen LogP contribution >= 0.6 is 0 Å². The summed E-state index contributed by atoms with van der Waals surface area (Å²) in [6, 6.07) is 7.14. The van der Waals surface area contributed by atoms with Crippen molar-refractivity contribution in [3.05, 3.63) is 58.3 Å². The molecule has 0 aliphatic carbocycles. The van der Waals surface area contributed by atoms with Gasteiger partial charge in [0.05, 0.1) is 16.2 Å². The summed E-state index contributed by atoms with van der Waals surface area (Å²) in [7, 11) is 0. The summed E-state index contributed by atoms with van der Waals surface area (Å²) < 4.78 is 37.6. The lowest BCUT2D eigenvalue weighted by molar-refractivity contribution is -0.385. The van der Waals surface area contributed by atoms with E-state index >= 15 is 0 Å². The van der Waals surface area contributed by atoms with Crippen molar-refractivity contribution >= 4 is 5.69 Å². The first kappa shape index (κ1) is 13.0. The average Bonchev–Trinajstić information content (AvgIpc) is 2.38. The minimum atomic E-state index is -4.43. The average molecular weight is 268 g/mol. The molecule has 0 bridgehead atoms. The first-order valence-electron chi connectivity index (χ1n) is 5.16. The van der Waals surface area contributed by atoms with E-state index in [0.717, 1.165) is 18.3 Å². The van der Waals surface area contributed by atoms with E-state index < -0.39 is 16.7 Å². The van der Waals surface area contributed by atoms with E-state index in [1.54, 1.807) is 0 Å². The van der Waals surface area contributed by atoms with Crippen LogP contribution in [-0.2, 0) is 6.18 Å². The molecule has 0 aliphatic rings. The molecule has 0 atom stereocenters. The molecule has 0 radical (unpaired) electrons. The van der Waals surface area contributed by atoms with Crippen LogP contribution in [-0.4, -0.2) is 9.91 Å². The summed E-state index contributed by atoms with van der Waals surface area (Å²) in [6.07, 6.45) is -3.42. The number of hydrogen-bond acceptors (Lipinski definition) is 3. The van der Waals surface area contributed by atoms with Crippen LogP contribution in [0.5, 0.6) is 0 Å². The van der Waals surface area contributed by atoms with Gasteiger partial charge in [0, 0.05) is 11.6 Å². The van der Waals surface area contributed by atoms with Gasteiger partial charge >= 0.3 is 6.18 Å². The summed E-state index contributed by atoms with van der Waals surface area (Å²) in [4.78, 5) is 13.6. The van der Waals surface area contributed by atoms with Crippen LogP contribution in [0.15, 0.2) is 42.6 Å². The number of benzene rings is 1. The highest BCUT2D eigenvalue weighted by molar-refractivity contribution is 5.61. The third kappa shape index (κ3) is 2.87. The van der Waals surface area contributed by atoms with Crippen molar-refractivity contribution in [2.45, 2.75) is 6.18 Å². The summed E-state index contributed by atoms with van der Waals surface area (Å²) in [5, 5.41) is 10.5. The summed E-state index contributed by atoms with van der Waals surface area (Å²) in [5.74, 6) is 0. The highest BCUT2D eigenvalue weighted by Gasteiger charge is 2.30. The van der Waals surface area contributed by atoms with E-state index in [1.807, 2.05) is 0 Å². The fourth-order valence-corrected chi connectivity index (χ4v) is 1.52. The molecule has 4 nitrogen and oxygen atoms in total. The Morgan fingerprint density at radius 1 is 1.16 bits per heavy atom. The van der Waals surface area contributed by atoms with Crippen LogP contribution in [0.1, 0.15) is 5.56 Å². The van der Waals surface area contributed by atoms with Crippen molar-refractivity contribution in [1.29, 1.82) is 0 Å². The molecular formula is C12H7F3N2O2. The van der Waals surface area contributed by atoms with Crippen molar-refractivity contribution < 1.29 is 18.1 Å². The first-order chi connectivity index (χ1) is 8.88. The van der Waals surface area contributed by atoms with Crippen molar-refractivity contribution in [3.8, 4) is 11.3 Å². The molecule has 0 fully saturated rings. The molecule has 19 heavy (non-hydrogen) atoms. The molecule has 0 spiro atoms. The smallest absolute Gasteiger partial charge is 0.258 e. The quantitative estimate of drug-likeness (QED) is 0.616. The molecule has 0 aliphatic heterocycles. The van der Waals surface area contributed by atoms with Crippen molar-refractivity contribution in [3.63, 3.8) is 0 Å². The molecule has 98 valence electrons. The first-order valence-corrected chi connectivity index (χ1v) is 5.16. The molecule has 2 rings (SSSR count). The van der Waals surface area contributed by atoms with E-state index in [4.69, 9.17) is 0 Å². The number of nitrogens with zero attached hydrogens (tertiary/aromatic N) is 2. The Labute approximate surface area is 105 Å². The number of rotatable bonds is 2. The maximum Gasteiger partial charge on any atom is 0.416 e. The Balaban J connectivity index is 2.39. The van der Waals surface area contributed by atoms with E-state index in [0.29, 0.717) is 0 Å². The van der Waals surface area contributed by atoms with Gasteiger partial charge in [0.25, 0.3) is 5.69 Å². The molecular weight excluding hydrogens is 261 g/mol. The van der Waals surface area contributed by atoms with E-state index in [2.05, 4.69) is 4.98 Å². The third-order valence-corrected chi connectivity index (χ3v) is 2.44. The lowest BCUT2D eigenvalue weighted by Gasteiger charge is -2.08. The van der Waals surface area contributed by atoms with Crippen LogP contribution < -0.4 is 0 Å². The van der Waals surface area contributed by atoms with Gasteiger partial charge in [-0.3, -0.25) is 10.1 Å². The molecule has 0 N–H and O–H groups in total. The highest BCUT2D eigenvalue weighted by atomic mass is 19.4. The van der Waals surface area contributed by atoms with Gasteiger partial charge in [-0.05, 0) is 18.2 Å². The summed E-state index contributed by atoms with van der Waals surface area (Å²) in [6.45, 7) is 0. The molecule has 1 aromatic heterocycles. The number of halogens is 3. The van der Waals surface area contributed by atoms with Gasteiger partial charge in [-0.15, -0.1) is 0 Å². The Hall–Kier alpha value is -2.44. The van der Waals surface area contributed by atoms with Gasteiger partial charge in [0.15, 0.2) is 0 Å². The second-order valence-electron chi connectivity index (χ2n) is 3.74. The van der Waals surface area contributed by atoms with Crippen LogP contribution in [0.25, 0.3) is 11.3 Å². The number of aromatic nitrogens is 1. The minimum Gasteiger partial charge on any atom is -0.258 e. The van der Waals surface area contributed by atoms with Crippen molar-refractivity contribution in [2.24, 2.45) is 0 Å². The van der Waals surface area contributed by atoms with Crippen LogP contribution in [0.2, 0.25) is 0 Å². The Morgan fingerprint density at radius 3 is 2.42 bits per heavy atom. The molecule has 1 heterocycles. The normalized spacial score (nSPS) is 11.3. The van der Waals surface area contributed by atoms with Gasteiger partial charge in [-0.1, -0.05) is 12.1 Å². The molecule has 0 unspecified atom stereocenters. The number of pyridine rings is 1. The zero-order valence-electron chi connectivity index (χ0n) is 9.39. The Morgan fingerprint density at radius 2 is 1.89 bits per heavy atom. The summed E-state index contributed by atoms with van der Waals surface area (Å²) >= 11 is 0. The third-order valence-electron chi connectivity index (χ3n) is 2.44. The maximum absolute atomic E-state index is 12.5. The van der Waals surface area contributed by atoms with Crippen LogP contribution in [0, 0.1) is 10.1 Å². The topological polar surface area (TPSA) is 56.0 Å². The fourth-order valence-electron chi connectivity index (χ4n) is 1.52. The van der Waals surface area contributed by atoms with Crippen molar-refractivity contribution in [2.75, 3.05) is 0 Å². The lowest BCUT2D eigenvalue weighted by Crippen LogP contribution is -2.04. The molecule has 2 aromatic rings. The SMILES string of the molecule is O=[N+]([O-])c1ccc(-c2cccc(C(F)(F)F)c2)nc1. The van der Waals surface area contributed by atoms with Gasteiger partial charge < -0.3 is 0 Å². The monoisotopic (exact) mass is 268 g/mol. The van der Waals surface area contributed by atoms with Crippen LogP contribution in [0.4, 0.5) is 18.9 Å². The molecule has 0 saturated carbocycles. The fraction of sp³-hybridized carbons (Fsp3) is 0.0833. The zero-order valence-corrected chi connectivity index (χ0v) is 9.39. The largest absolute Gasteiger partial charge is 0.416 e. The predicted molar refractivity (Wildman–Crippen MR) is 61.3 cm³/mol.